The molecule has 1 heterocycles. The van der Waals surface area contributed by atoms with E-state index in [0.29, 0.717) is 6.42 Å². The molecule has 1 atom stereocenters. The lowest BCUT2D eigenvalue weighted by atomic mass is 9.98. The fraction of sp³-hybridized carbons (Fsp3) is 1.00. The molecule has 1 fully saturated rings. The molecule has 0 radical (unpaired) electrons. The standard InChI is InChI=1S/C12H17F9N2O6S3/c1-2-8-4-3-6-23(7-5-8)32(28,29)11(17,18)9(13,14)10(15,16)30(24,25)22-31(26,27)12(19,20)21/h8,22H,2-7H2,1H3. The van der Waals surface area contributed by atoms with E-state index in [9.17, 15) is 64.8 Å². The molecule has 20 heteroatoms. The van der Waals surface area contributed by atoms with Crippen molar-refractivity contribution in [3.63, 3.8) is 0 Å². The van der Waals surface area contributed by atoms with Gasteiger partial charge in [-0.1, -0.05) is 17.5 Å². The molecule has 0 aliphatic carbocycles. The van der Waals surface area contributed by atoms with E-state index < -0.39 is 69.2 Å². The van der Waals surface area contributed by atoms with Gasteiger partial charge in [-0.3, -0.25) is 0 Å². The van der Waals surface area contributed by atoms with Crippen molar-refractivity contribution in [3.8, 4) is 0 Å². The highest BCUT2D eigenvalue weighted by Gasteiger charge is 2.83. The smallest absolute Gasteiger partial charge is 0.206 e. The maximum Gasteiger partial charge on any atom is 0.512 e. The molecule has 8 nitrogen and oxygen atoms in total. The first-order chi connectivity index (χ1) is 14.0. The van der Waals surface area contributed by atoms with Crippen molar-refractivity contribution in [2.45, 2.75) is 54.5 Å². The lowest BCUT2D eigenvalue weighted by Gasteiger charge is -2.34. The average molecular weight is 552 g/mol. The Kier molecular flexibility index (Phi) is 7.96. The van der Waals surface area contributed by atoms with Crippen LogP contribution in [-0.2, 0) is 30.1 Å². The lowest BCUT2D eigenvalue weighted by molar-refractivity contribution is -0.245. The second-order valence-electron chi connectivity index (χ2n) is 6.75. The summed E-state index contributed by atoms with van der Waals surface area (Å²) in [5, 5.41) is -14.2. The van der Waals surface area contributed by atoms with Gasteiger partial charge in [-0.25, -0.2) is 25.3 Å². The van der Waals surface area contributed by atoms with Gasteiger partial charge in [0.15, 0.2) is 0 Å². The van der Waals surface area contributed by atoms with Crippen LogP contribution >= 0.6 is 0 Å². The van der Waals surface area contributed by atoms with E-state index in [2.05, 4.69) is 0 Å². The van der Waals surface area contributed by atoms with Crippen LogP contribution in [-0.4, -0.2) is 64.6 Å². The topological polar surface area (TPSA) is 118 Å². The summed E-state index contributed by atoms with van der Waals surface area (Å²) in [6.07, 6.45) is 0.501. The number of hydrogen-bond donors (Lipinski definition) is 1. The summed E-state index contributed by atoms with van der Waals surface area (Å²) in [5.74, 6) is -7.59. The maximum atomic E-state index is 14.2. The normalized spacial score (nSPS) is 21.4. The van der Waals surface area contributed by atoms with Crippen molar-refractivity contribution in [2.24, 2.45) is 5.92 Å². The SMILES string of the molecule is CCC1CCCN(S(=O)(=O)C(F)(F)C(F)(F)C(F)(F)S(=O)(=O)NS(=O)(=O)C(F)(F)F)CC1. The third-order valence-corrected chi connectivity index (χ3v) is 9.89. The Balaban J connectivity index is 3.44. The zero-order valence-electron chi connectivity index (χ0n) is 15.8. The number of sulfonamides is 3. The van der Waals surface area contributed by atoms with Crippen molar-refractivity contribution in [2.75, 3.05) is 13.1 Å². The summed E-state index contributed by atoms with van der Waals surface area (Å²) in [4.78, 5) is 0. The average Bonchev–Trinajstić information content (AvgIpc) is 2.85. The van der Waals surface area contributed by atoms with Crippen LogP contribution in [0.1, 0.15) is 32.6 Å². The van der Waals surface area contributed by atoms with E-state index in [4.69, 9.17) is 0 Å². The molecule has 0 bridgehead atoms. The van der Waals surface area contributed by atoms with Crippen LogP contribution in [0.5, 0.6) is 0 Å². The van der Waals surface area contributed by atoms with Gasteiger partial charge in [0.2, 0.25) is 0 Å². The molecule has 1 aliphatic rings. The minimum atomic E-state index is -7.76. The van der Waals surface area contributed by atoms with Crippen LogP contribution in [0.15, 0.2) is 0 Å². The minimum Gasteiger partial charge on any atom is -0.206 e. The van der Waals surface area contributed by atoms with Gasteiger partial charge < -0.3 is 0 Å². The first-order valence-electron chi connectivity index (χ1n) is 8.47. The van der Waals surface area contributed by atoms with Gasteiger partial charge in [-0.05, 0) is 25.2 Å². The molecule has 0 amide bonds. The predicted octanol–water partition coefficient (Wildman–Crippen LogP) is 2.42. The first kappa shape index (κ1) is 29.2. The Morgan fingerprint density at radius 1 is 0.781 bits per heavy atom. The summed E-state index contributed by atoms with van der Waals surface area (Å²) < 4.78 is 188. The van der Waals surface area contributed by atoms with E-state index >= 15 is 0 Å². The zero-order chi connectivity index (χ0) is 25.6. The number of halogens is 9. The Bertz CT molecular complexity index is 1010. The van der Waals surface area contributed by atoms with Gasteiger partial charge in [0.05, 0.1) is 0 Å². The predicted molar refractivity (Wildman–Crippen MR) is 90.0 cm³/mol. The number of alkyl halides is 9. The summed E-state index contributed by atoms with van der Waals surface area (Å²) in [6, 6.07) is 0. The molecule has 0 aromatic carbocycles. The molecule has 0 aromatic heterocycles. The van der Waals surface area contributed by atoms with Crippen LogP contribution in [0.3, 0.4) is 0 Å². The van der Waals surface area contributed by atoms with Gasteiger partial charge in [-0.15, -0.1) is 0 Å². The second-order valence-corrected chi connectivity index (χ2v) is 12.4. The molecule has 0 aromatic rings. The van der Waals surface area contributed by atoms with Crippen molar-refractivity contribution in [1.29, 1.82) is 0 Å². The van der Waals surface area contributed by atoms with Crippen LogP contribution in [0.2, 0.25) is 0 Å². The summed E-state index contributed by atoms with van der Waals surface area (Å²) >= 11 is 0. The fourth-order valence-corrected chi connectivity index (χ4v) is 6.67. The highest BCUT2D eigenvalue weighted by molar-refractivity contribution is 8.05. The van der Waals surface area contributed by atoms with Crippen molar-refractivity contribution in [1.82, 2.24) is 8.43 Å². The molecule has 1 unspecified atom stereocenters. The molecule has 1 N–H and O–H groups in total. The monoisotopic (exact) mass is 552 g/mol. The van der Waals surface area contributed by atoms with Crippen molar-refractivity contribution >= 4 is 30.1 Å². The quantitative estimate of drug-likeness (QED) is 0.463. The Morgan fingerprint density at radius 2 is 1.28 bits per heavy atom. The molecule has 1 saturated heterocycles. The molecular formula is C12H17F9N2O6S3. The van der Waals surface area contributed by atoms with Gasteiger partial charge in [0, 0.05) is 13.1 Å². The van der Waals surface area contributed by atoms with Crippen LogP contribution < -0.4 is 4.13 Å². The first-order valence-corrected chi connectivity index (χ1v) is 12.9. The fourth-order valence-electron chi connectivity index (χ4n) is 2.69. The van der Waals surface area contributed by atoms with E-state index in [-0.39, 0.29) is 29.5 Å². The van der Waals surface area contributed by atoms with E-state index in [1.165, 1.54) is 0 Å². The molecule has 32 heavy (non-hydrogen) atoms. The van der Waals surface area contributed by atoms with Crippen molar-refractivity contribution in [3.05, 3.63) is 0 Å². The zero-order valence-corrected chi connectivity index (χ0v) is 18.3. The third kappa shape index (κ3) is 4.83. The van der Waals surface area contributed by atoms with Crippen LogP contribution in [0.25, 0.3) is 0 Å². The summed E-state index contributed by atoms with van der Waals surface area (Å²) in [5.41, 5.74) is -6.61. The van der Waals surface area contributed by atoms with Crippen LogP contribution in [0, 0.1) is 5.92 Å². The lowest BCUT2D eigenvalue weighted by Crippen LogP contribution is -2.65. The van der Waals surface area contributed by atoms with E-state index in [1.54, 1.807) is 6.92 Å². The highest BCUT2D eigenvalue weighted by atomic mass is 32.3. The highest BCUT2D eigenvalue weighted by Crippen LogP contribution is 2.51. The van der Waals surface area contributed by atoms with Gasteiger partial charge in [0.1, 0.15) is 0 Å². The molecule has 192 valence electrons. The van der Waals surface area contributed by atoms with Gasteiger partial charge >= 0.3 is 32.0 Å². The Hall–Kier alpha value is -0.860. The number of nitrogens with one attached hydrogen (secondary N) is 1. The number of nitrogens with zero attached hydrogens (tertiary/aromatic N) is 1. The summed E-state index contributed by atoms with van der Waals surface area (Å²) in [6.45, 7) is 0.0556. The van der Waals surface area contributed by atoms with E-state index in [0.717, 1.165) is 0 Å². The van der Waals surface area contributed by atoms with Crippen LogP contribution in [0.4, 0.5) is 39.5 Å². The van der Waals surface area contributed by atoms with Gasteiger partial charge in [-0.2, -0.15) is 43.8 Å². The van der Waals surface area contributed by atoms with E-state index in [1.807, 2.05) is 0 Å². The maximum absolute atomic E-state index is 14.2. The minimum absolute atomic E-state index is 0.114. The summed E-state index contributed by atoms with van der Waals surface area (Å²) in [7, 11) is -21.7. The Morgan fingerprint density at radius 3 is 1.72 bits per heavy atom. The molecule has 0 saturated carbocycles. The second kappa shape index (κ2) is 8.73. The molecule has 0 spiro atoms. The molecular weight excluding hydrogens is 535 g/mol. The third-order valence-electron chi connectivity index (χ3n) is 4.64. The van der Waals surface area contributed by atoms with Gasteiger partial charge in [0.25, 0.3) is 20.0 Å². The molecule has 1 aliphatic heterocycles. The Labute approximate surface area is 177 Å². The number of rotatable bonds is 8. The van der Waals surface area contributed by atoms with Crippen molar-refractivity contribution < 1.29 is 64.8 Å². The largest absolute Gasteiger partial charge is 0.512 e. The number of hydrogen-bond acceptors (Lipinski definition) is 6. The molecule has 1 rings (SSSR count).